The first-order valence-corrected chi connectivity index (χ1v) is 7.57. The number of anilines is 1. The molecule has 21 heavy (non-hydrogen) atoms. The van der Waals surface area contributed by atoms with Crippen LogP contribution in [0.25, 0.3) is 10.2 Å². The van der Waals surface area contributed by atoms with E-state index in [1.54, 1.807) is 16.2 Å². The SMILES string of the molecule is O=C(O)CN1CCN(c2ncnc3ccsc23)CC(O)C1. The van der Waals surface area contributed by atoms with E-state index in [0.717, 1.165) is 16.0 Å². The average Bonchev–Trinajstić information content (AvgIpc) is 2.83. The average molecular weight is 308 g/mol. The highest BCUT2D eigenvalue weighted by Crippen LogP contribution is 2.28. The predicted molar refractivity (Wildman–Crippen MR) is 79.7 cm³/mol. The number of aromatic nitrogens is 2. The molecule has 1 unspecified atom stereocenters. The number of nitrogens with zero attached hydrogens (tertiary/aromatic N) is 4. The number of fused-ring (bicyclic) bond motifs is 1. The van der Waals surface area contributed by atoms with Crippen molar-refractivity contribution in [3.63, 3.8) is 0 Å². The van der Waals surface area contributed by atoms with Gasteiger partial charge in [-0.25, -0.2) is 9.97 Å². The normalized spacial score (nSPS) is 20.6. The first kappa shape index (κ1) is 14.2. The Morgan fingerprint density at radius 1 is 1.38 bits per heavy atom. The number of carboxylic acids is 1. The third-order valence-corrected chi connectivity index (χ3v) is 4.37. The molecule has 0 aliphatic carbocycles. The molecule has 1 fully saturated rings. The van der Waals surface area contributed by atoms with Crippen molar-refractivity contribution in [3.05, 3.63) is 17.8 Å². The van der Waals surface area contributed by atoms with Crippen molar-refractivity contribution in [2.75, 3.05) is 37.6 Å². The van der Waals surface area contributed by atoms with Crippen molar-refractivity contribution in [1.29, 1.82) is 0 Å². The molecule has 112 valence electrons. The lowest BCUT2D eigenvalue weighted by Crippen LogP contribution is -2.36. The largest absolute Gasteiger partial charge is 0.480 e. The first-order chi connectivity index (χ1) is 10.1. The van der Waals surface area contributed by atoms with Gasteiger partial charge in [-0.15, -0.1) is 11.3 Å². The van der Waals surface area contributed by atoms with E-state index >= 15 is 0 Å². The Morgan fingerprint density at radius 2 is 2.24 bits per heavy atom. The van der Waals surface area contributed by atoms with Crippen LogP contribution in [-0.4, -0.2) is 69.9 Å². The number of carboxylic acid groups (broad SMARTS) is 1. The van der Waals surface area contributed by atoms with Crippen LogP contribution in [0.3, 0.4) is 0 Å². The Balaban J connectivity index is 1.83. The van der Waals surface area contributed by atoms with Crippen LogP contribution >= 0.6 is 11.3 Å². The van der Waals surface area contributed by atoms with E-state index in [4.69, 9.17) is 5.11 Å². The Bertz CT molecular complexity index is 647. The number of rotatable bonds is 3. The van der Waals surface area contributed by atoms with Crippen molar-refractivity contribution in [1.82, 2.24) is 14.9 Å². The van der Waals surface area contributed by atoms with E-state index < -0.39 is 12.1 Å². The number of β-amino-alcohol motifs (C(OH)–C–C–N with tert-alkyl or cyclic N) is 1. The van der Waals surface area contributed by atoms with Crippen LogP contribution in [-0.2, 0) is 4.79 Å². The molecule has 8 heteroatoms. The van der Waals surface area contributed by atoms with Crippen LogP contribution < -0.4 is 4.90 Å². The summed E-state index contributed by atoms with van der Waals surface area (Å²) in [6.07, 6.45) is 0.924. The number of thiophene rings is 1. The number of aliphatic carboxylic acids is 1. The lowest BCUT2D eigenvalue weighted by atomic mass is 10.3. The van der Waals surface area contributed by atoms with Crippen LogP contribution in [0.15, 0.2) is 17.8 Å². The molecule has 2 N–H and O–H groups in total. The fourth-order valence-electron chi connectivity index (χ4n) is 2.58. The number of aliphatic hydroxyl groups excluding tert-OH is 1. The van der Waals surface area contributed by atoms with Crippen molar-refractivity contribution >= 4 is 33.3 Å². The Labute approximate surface area is 125 Å². The fraction of sp³-hybridized carbons (Fsp3) is 0.462. The minimum Gasteiger partial charge on any atom is -0.480 e. The van der Waals surface area contributed by atoms with E-state index in [1.807, 2.05) is 16.3 Å². The maximum Gasteiger partial charge on any atom is 0.317 e. The molecule has 3 rings (SSSR count). The highest BCUT2D eigenvalue weighted by atomic mass is 32.1. The van der Waals surface area contributed by atoms with Gasteiger partial charge < -0.3 is 15.1 Å². The van der Waals surface area contributed by atoms with Crippen LogP contribution in [0.1, 0.15) is 0 Å². The van der Waals surface area contributed by atoms with Gasteiger partial charge in [-0.05, 0) is 11.4 Å². The molecular formula is C13H16N4O3S. The summed E-state index contributed by atoms with van der Waals surface area (Å²) >= 11 is 1.57. The second kappa shape index (κ2) is 5.92. The smallest absolute Gasteiger partial charge is 0.317 e. The molecule has 0 spiro atoms. The van der Waals surface area contributed by atoms with Crippen LogP contribution in [0.2, 0.25) is 0 Å². The zero-order valence-electron chi connectivity index (χ0n) is 11.3. The van der Waals surface area contributed by atoms with Gasteiger partial charge in [0.25, 0.3) is 0 Å². The van der Waals surface area contributed by atoms with E-state index in [-0.39, 0.29) is 6.54 Å². The van der Waals surface area contributed by atoms with E-state index in [1.165, 1.54) is 6.33 Å². The number of carbonyl (C=O) groups is 1. The van der Waals surface area contributed by atoms with Crippen molar-refractivity contribution in [2.24, 2.45) is 0 Å². The van der Waals surface area contributed by atoms with Gasteiger partial charge in [0.1, 0.15) is 12.1 Å². The van der Waals surface area contributed by atoms with Crippen LogP contribution in [0, 0.1) is 0 Å². The standard InChI is InChI=1S/C13H16N4O3S/c18-9-5-16(7-11(19)20)2-3-17(6-9)13-12-10(1-4-21-12)14-8-15-13/h1,4,8-9,18H,2-3,5-7H2,(H,19,20). The lowest BCUT2D eigenvalue weighted by Gasteiger charge is -2.23. The van der Waals surface area contributed by atoms with Gasteiger partial charge >= 0.3 is 5.97 Å². The Morgan fingerprint density at radius 3 is 3.05 bits per heavy atom. The molecule has 1 aliphatic rings. The molecule has 1 saturated heterocycles. The minimum absolute atomic E-state index is 0.0525. The summed E-state index contributed by atoms with van der Waals surface area (Å²) in [6, 6.07) is 1.94. The number of hydrogen-bond donors (Lipinski definition) is 2. The lowest BCUT2D eigenvalue weighted by molar-refractivity contribution is -0.138. The van der Waals surface area contributed by atoms with E-state index in [9.17, 15) is 9.90 Å². The highest BCUT2D eigenvalue weighted by Gasteiger charge is 2.24. The number of aliphatic hydroxyl groups is 1. The predicted octanol–water partition coefficient (Wildman–Crippen LogP) is 0.259. The third kappa shape index (κ3) is 3.12. The van der Waals surface area contributed by atoms with Gasteiger partial charge in [0.2, 0.25) is 0 Å². The molecule has 2 aromatic heterocycles. The van der Waals surface area contributed by atoms with E-state index in [0.29, 0.717) is 26.2 Å². The molecule has 0 radical (unpaired) electrons. The fourth-order valence-corrected chi connectivity index (χ4v) is 3.45. The second-order valence-corrected chi connectivity index (χ2v) is 5.98. The molecular weight excluding hydrogens is 292 g/mol. The third-order valence-electron chi connectivity index (χ3n) is 3.47. The molecule has 3 heterocycles. The molecule has 0 aromatic carbocycles. The van der Waals surface area contributed by atoms with Gasteiger partial charge in [0.15, 0.2) is 0 Å². The van der Waals surface area contributed by atoms with Gasteiger partial charge in [-0.2, -0.15) is 0 Å². The van der Waals surface area contributed by atoms with Gasteiger partial charge in [0, 0.05) is 26.2 Å². The topological polar surface area (TPSA) is 89.8 Å². The first-order valence-electron chi connectivity index (χ1n) is 6.69. The molecule has 1 atom stereocenters. The summed E-state index contributed by atoms with van der Waals surface area (Å²) in [4.78, 5) is 23.1. The summed E-state index contributed by atoms with van der Waals surface area (Å²) in [5.74, 6) is -0.0652. The monoisotopic (exact) mass is 308 g/mol. The Hall–Kier alpha value is -1.77. The molecule has 0 bridgehead atoms. The second-order valence-electron chi connectivity index (χ2n) is 5.06. The summed E-state index contributed by atoms with van der Waals surface area (Å²) in [6.45, 7) is 1.97. The van der Waals surface area contributed by atoms with Crippen LogP contribution in [0.5, 0.6) is 0 Å². The molecule has 2 aromatic rings. The maximum atomic E-state index is 10.8. The zero-order chi connectivity index (χ0) is 14.8. The molecule has 1 aliphatic heterocycles. The number of hydrogen-bond acceptors (Lipinski definition) is 7. The summed E-state index contributed by atoms with van der Waals surface area (Å²) in [5, 5.41) is 21.0. The van der Waals surface area contributed by atoms with Gasteiger partial charge in [-0.3, -0.25) is 9.69 Å². The Kier molecular flexibility index (Phi) is 4.00. The summed E-state index contributed by atoms with van der Waals surface area (Å²) in [5.41, 5.74) is 0.895. The molecule has 7 nitrogen and oxygen atoms in total. The van der Waals surface area contributed by atoms with Gasteiger partial charge in [-0.1, -0.05) is 0 Å². The maximum absolute atomic E-state index is 10.8. The van der Waals surface area contributed by atoms with Crippen molar-refractivity contribution < 1.29 is 15.0 Å². The van der Waals surface area contributed by atoms with Crippen molar-refractivity contribution in [2.45, 2.75) is 6.10 Å². The quantitative estimate of drug-likeness (QED) is 0.840. The zero-order valence-corrected chi connectivity index (χ0v) is 12.2. The summed E-state index contributed by atoms with van der Waals surface area (Å²) in [7, 11) is 0. The highest BCUT2D eigenvalue weighted by molar-refractivity contribution is 7.17. The van der Waals surface area contributed by atoms with E-state index in [2.05, 4.69) is 9.97 Å². The van der Waals surface area contributed by atoms with Gasteiger partial charge in [0.05, 0.1) is 22.9 Å². The molecule has 0 saturated carbocycles. The van der Waals surface area contributed by atoms with Crippen LogP contribution in [0.4, 0.5) is 5.82 Å². The molecule has 0 amide bonds. The minimum atomic E-state index is -0.877. The summed E-state index contributed by atoms with van der Waals surface area (Å²) < 4.78 is 0.997. The van der Waals surface area contributed by atoms with Crippen molar-refractivity contribution in [3.8, 4) is 0 Å².